The number of nitrogen functional groups attached to an aromatic ring is 1. The fourth-order valence-corrected chi connectivity index (χ4v) is 2.68. The van der Waals surface area contributed by atoms with Crippen LogP contribution in [0, 0.1) is 0 Å². The third kappa shape index (κ3) is 2.22. The molecular formula is C13H11N3O2S. The van der Waals surface area contributed by atoms with E-state index in [1.165, 1.54) is 0 Å². The number of nitrogens with two attached hydrogens (primary N) is 1. The van der Waals surface area contributed by atoms with Gasteiger partial charge in [-0.05, 0) is 40.6 Å². The van der Waals surface area contributed by atoms with Crippen LogP contribution in [-0.2, 0) is 0 Å². The molecule has 5 nitrogen and oxygen atoms in total. The normalized spacial score (nSPS) is 10.8. The predicted molar refractivity (Wildman–Crippen MR) is 73.3 cm³/mol. The number of benzene rings is 2. The van der Waals surface area contributed by atoms with Crippen molar-refractivity contribution in [3.05, 3.63) is 36.4 Å². The Morgan fingerprint density at radius 1 is 1.16 bits per heavy atom. The average Bonchev–Trinajstić information content (AvgIpc) is 2.93. The summed E-state index contributed by atoms with van der Waals surface area (Å²) in [6.45, 7) is 0. The molecular weight excluding hydrogens is 262 g/mol. The lowest BCUT2D eigenvalue weighted by atomic mass is 10.3. The van der Waals surface area contributed by atoms with Crippen molar-refractivity contribution in [3.8, 4) is 5.75 Å². The number of hydrogen-bond acceptors (Lipinski definition) is 6. The van der Waals surface area contributed by atoms with E-state index in [9.17, 15) is 0 Å². The smallest absolute Gasteiger partial charge is 0.159 e. The van der Waals surface area contributed by atoms with Crippen LogP contribution in [0.3, 0.4) is 0 Å². The zero-order valence-electron chi connectivity index (χ0n) is 10.2. The number of methoxy groups -OCH3 is 1. The van der Waals surface area contributed by atoms with Crippen molar-refractivity contribution in [1.82, 2.24) is 10.3 Å². The number of rotatable bonds is 3. The van der Waals surface area contributed by atoms with E-state index in [0.717, 1.165) is 15.5 Å². The Morgan fingerprint density at radius 3 is 2.84 bits per heavy atom. The zero-order chi connectivity index (χ0) is 13.2. The van der Waals surface area contributed by atoms with E-state index >= 15 is 0 Å². The summed E-state index contributed by atoms with van der Waals surface area (Å²) < 4.78 is 9.96. The van der Waals surface area contributed by atoms with Crippen molar-refractivity contribution in [3.63, 3.8) is 0 Å². The summed E-state index contributed by atoms with van der Waals surface area (Å²) >= 11 is 1.56. The van der Waals surface area contributed by atoms with Crippen molar-refractivity contribution in [2.45, 2.75) is 9.79 Å². The number of nitrogens with zero attached hydrogens (tertiary/aromatic N) is 2. The highest BCUT2D eigenvalue weighted by atomic mass is 32.2. The first-order valence-electron chi connectivity index (χ1n) is 5.60. The molecule has 0 bridgehead atoms. The molecule has 0 aliphatic carbocycles. The van der Waals surface area contributed by atoms with E-state index in [2.05, 4.69) is 10.3 Å². The van der Waals surface area contributed by atoms with Crippen LogP contribution in [0.2, 0.25) is 0 Å². The molecule has 6 heteroatoms. The fraction of sp³-hybridized carbons (Fsp3) is 0.0769. The molecule has 2 N–H and O–H groups in total. The molecule has 1 heterocycles. The van der Waals surface area contributed by atoms with Gasteiger partial charge in [-0.1, -0.05) is 17.8 Å². The van der Waals surface area contributed by atoms with Crippen molar-refractivity contribution in [2.75, 3.05) is 12.8 Å². The number of fused-ring (bicyclic) bond motifs is 1. The Bertz CT molecular complexity index is 727. The first-order valence-corrected chi connectivity index (χ1v) is 6.42. The van der Waals surface area contributed by atoms with Gasteiger partial charge < -0.3 is 10.5 Å². The van der Waals surface area contributed by atoms with E-state index < -0.39 is 0 Å². The van der Waals surface area contributed by atoms with Crippen LogP contribution in [-0.4, -0.2) is 17.4 Å². The molecule has 0 saturated heterocycles. The summed E-state index contributed by atoms with van der Waals surface area (Å²) in [5, 5.41) is 7.71. The first kappa shape index (κ1) is 11.9. The van der Waals surface area contributed by atoms with Crippen LogP contribution >= 0.6 is 11.8 Å². The lowest BCUT2D eigenvalue weighted by molar-refractivity contribution is 0.315. The fourth-order valence-electron chi connectivity index (χ4n) is 1.74. The second-order valence-electron chi connectivity index (χ2n) is 3.90. The molecule has 0 amide bonds. The molecule has 96 valence electrons. The topological polar surface area (TPSA) is 74.2 Å². The molecule has 0 atom stereocenters. The van der Waals surface area contributed by atoms with Gasteiger partial charge in [-0.3, -0.25) is 0 Å². The van der Waals surface area contributed by atoms with E-state index in [1.807, 2.05) is 30.3 Å². The van der Waals surface area contributed by atoms with Crippen LogP contribution in [0.15, 0.2) is 50.8 Å². The van der Waals surface area contributed by atoms with Crippen molar-refractivity contribution >= 4 is 28.5 Å². The summed E-state index contributed by atoms with van der Waals surface area (Å²) in [5.41, 5.74) is 7.64. The van der Waals surface area contributed by atoms with Gasteiger partial charge >= 0.3 is 0 Å². The summed E-state index contributed by atoms with van der Waals surface area (Å²) in [6.07, 6.45) is 0. The van der Waals surface area contributed by atoms with Crippen LogP contribution < -0.4 is 10.5 Å². The van der Waals surface area contributed by atoms with Crippen LogP contribution in [0.4, 0.5) is 5.69 Å². The van der Waals surface area contributed by atoms with Gasteiger partial charge in [0.2, 0.25) is 0 Å². The standard InChI is InChI=1S/C13H11N3O2S/c1-17-8-3-2-4-9(7-8)19-11-6-5-10(14)12-13(11)16-18-15-12/h2-7H,14H2,1H3. The summed E-state index contributed by atoms with van der Waals surface area (Å²) in [7, 11) is 1.65. The molecule has 0 aliphatic rings. The molecule has 0 aliphatic heterocycles. The highest BCUT2D eigenvalue weighted by Gasteiger charge is 2.11. The Kier molecular flexibility index (Phi) is 3.00. The van der Waals surface area contributed by atoms with E-state index in [-0.39, 0.29) is 0 Å². The highest BCUT2D eigenvalue weighted by Crippen LogP contribution is 2.35. The molecule has 0 spiro atoms. The van der Waals surface area contributed by atoms with Gasteiger partial charge in [-0.2, -0.15) is 0 Å². The van der Waals surface area contributed by atoms with Crippen molar-refractivity contribution < 1.29 is 9.37 Å². The van der Waals surface area contributed by atoms with Crippen LogP contribution in [0.25, 0.3) is 11.0 Å². The summed E-state index contributed by atoms with van der Waals surface area (Å²) in [4.78, 5) is 1.99. The second kappa shape index (κ2) is 4.81. The SMILES string of the molecule is COc1cccc(Sc2ccc(N)c3nonc23)c1. The summed E-state index contributed by atoms with van der Waals surface area (Å²) in [6, 6.07) is 11.5. The molecule has 0 unspecified atom stereocenters. The number of ether oxygens (including phenoxy) is 1. The Balaban J connectivity index is 2.01. The molecule has 0 saturated carbocycles. The minimum Gasteiger partial charge on any atom is -0.497 e. The lowest BCUT2D eigenvalue weighted by Crippen LogP contribution is -1.88. The van der Waals surface area contributed by atoms with Gasteiger partial charge in [0.25, 0.3) is 0 Å². The third-order valence-corrected chi connectivity index (χ3v) is 3.72. The first-order chi connectivity index (χ1) is 9.28. The average molecular weight is 273 g/mol. The van der Waals surface area contributed by atoms with Crippen LogP contribution in [0.1, 0.15) is 0 Å². The quantitative estimate of drug-likeness (QED) is 0.739. The Hall–Kier alpha value is -2.21. The molecule has 2 aromatic carbocycles. The molecule has 3 aromatic rings. The molecule has 0 fully saturated rings. The molecule has 0 radical (unpaired) electrons. The minimum absolute atomic E-state index is 0.561. The third-order valence-electron chi connectivity index (χ3n) is 2.68. The summed E-state index contributed by atoms with van der Waals surface area (Å²) in [5.74, 6) is 0.815. The number of aromatic nitrogens is 2. The van der Waals surface area contributed by atoms with Crippen molar-refractivity contribution in [2.24, 2.45) is 0 Å². The largest absolute Gasteiger partial charge is 0.497 e. The number of hydrogen-bond donors (Lipinski definition) is 1. The maximum absolute atomic E-state index is 5.82. The second-order valence-corrected chi connectivity index (χ2v) is 5.01. The zero-order valence-corrected chi connectivity index (χ0v) is 11.0. The maximum Gasteiger partial charge on any atom is 0.159 e. The van der Waals surface area contributed by atoms with Crippen molar-refractivity contribution in [1.29, 1.82) is 0 Å². The van der Waals surface area contributed by atoms with E-state index in [4.69, 9.17) is 15.1 Å². The predicted octanol–water partition coefficient (Wildman–Crippen LogP) is 2.96. The van der Waals surface area contributed by atoms with Gasteiger partial charge in [0.05, 0.1) is 12.8 Å². The van der Waals surface area contributed by atoms with Gasteiger partial charge in [-0.15, -0.1) is 0 Å². The van der Waals surface area contributed by atoms with E-state index in [0.29, 0.717) is 16.7 Å². The molecule has 3 rings (SSSR count). The van der Waals surface area contributed by atoms with Gasteiger partial charge in [0, 0.05) is 9.79 Å². The van der Waals surface area contributed by atoms with E-state index in [1.54, 1.807) is 24.9 Å². The van der Waals surface area contributed by atoms with Gasteiger partial charge in [-0.25, -0.2) is 4.63 Å². The Labute approximate surface area is 113 Å². The highest BCUT2D eigenvalue weighted by molar-refractivity contribution is 7.99. The Morgan fingerprint density at radius 2 is 2.00 bits per heavy atom. The number of anilines is 1. The monoisotopic (exact) mass is 273 g/mol. The maximum atomic E-state index is 5.82. The minimum atomic E-state index is 0.561. The van der Waals surface area contributed by atoms with Gasteiger partial charge in [0.1, 0.15) is 5.75 Å². The van der Waals surface area contributed by atoms with Gasteiger partial charge in [0.15, 0.2) is 11.0 Å². The van der Waals surface area contributed by atoms with Crippen LogP contribution in [0.5, 0.6) is 5.75 Å². The lowest BCUT2D eigenvalue weighted by Gasteiger charge is -2.05. The molecule has 19 heavy (non-hydrogen) atoms. The molecule has 1 aromatic heterocycles.